The van der Waals surface area contributed by atoms with Gasteiger partial charge in [0.25, 0.3) is 0 Å². The first-order chi connectivity index (χ1) is 8.65. The van der Waals surface area contributed by atoms with Crippen LogP contribution in [-0.4, -0.2) is 29.6 Å². The van der Waals surface area contributed by atoms with Gasteiger partial charge >= 0.3 is 0 Å². The van der Waals surface area contributed by atoms with Gasteiger partial charge in [-0.3, -0.25) is 0 Å². The van der Waals surface area contributed by atoms with Gasteiger partial charge in [0, 0.05) is 32.1 Å². The summed E-state index contributed by atoms with van der Waals surface area (Å²) in [6.07, 6.45) is 3.42. The van der Waals surface area contributed by atoms with E-state index in [1.807, 2.05) is 7.05 Å². The average Bonchev–Trinajstić information content (AvgIpc) is 2.87. The van der Waals surface area contributed by atoms with Gasteiger partial charge in [0.2, 0.25) is 0 Å². The van der Waals surface area contributed by atoms with Crippen LogP contribution >= 0.6 is 0 Å². The molecule has 4 heteroatoms. The van der Waals surface area contributed by atoms with Crippen molar-refractivity contribution in [2.45, 2.75) is 46.1 Å². The minimum Gasteiger partial charge on any atom is -0.373 e. The van der Waals surface area contributed by atoms with Crippen molar-refractivity contribution in [3.05, 3.63) is 11.9 Å². The van der Waals surface area contributed by atoms with E-state index in [4.69, 9.17) is 0 Å². The number of rotatable bonds is 4. The summed E-state index contributed by atoms with van der Waals surface area (Å²) in [5.41, 5.74) is 0. The Morgan fingerprint density at radius 2 is 2.22 bits per heavy atom. The standard InChI is InChI=1S/C14H24N4/c1-5-12-16-13(15-4)9-14(17-12)18-8-6-7-11(18)10(2)3/h9-11H,5-8H2,1-4H3,(H,15,16,17). The van der Waals surface area contributed by atoms with Gasteiger partial charge in [0.05, 0.1) is 0 Å². The minimum absolute atomic E-state index is 0.620. The molecular weight excluding hydrogens is 224 g/mol. The van der Waals surface area contributed by atoms with Crippen molar-refractivity contribution in [1.29, 1.82) is 0 Å². The summed E-state index contributed by atoms with van der Waals surface area (Å²) in [6.45, 7) is 7.81. The van der Waals surface area contributed by atoms with Crippen LogP contribution in [0.4, 0.5) is 11.6 Å². The maximum absolute atomic E-state index is 4.69. The monoisotopic (exact) mass is 248 g/mol. The molecule has 1 saturated heterocycles. The molecule has 0 aliphatic carbocycles. The molecule has 1 aromatic heterocycles. The topological polar surface area (TPSA) is 41.1 Å². The van der Waals surface area contributed by atoms with E-state index >= 15 is 0 Å². The first kappa shape index (κ1) is 13.1. The predicted octanol–water partition coefficient (Wildman–Crippen LogP) is 2.71. The summed E-state index contributed by atoms with van der Waals surface area (Å²) in [5, 5.41) is 3.13. The highest BCUT2D eigenvalue weighted by molar-refractivity contribution is 5.50. The zero-order valence-electron chi connectivity index (χ0n) is 11.9. The van der Waals surface area contributed by atoms with Crippen LogP contribution in [0.1, 0.15) is 39.4 Å². The number of nitrogens with zero attached hydrogens (tertiary/aromatic N) is 3. The van der Waals surface area contributed by atoms with E-state index in [0.29, 0.717) is 12.0 Å². The minimum atomic E-state index is 0.620. The Labute approximate surface area is 110 Å². The lowest BCUT2D eigenvalue weighted by Crippen LogP contribution is -2.34. The molecule has 4 nitrogen and oxygen atoms in total. The van der Waals surface area contributed by atoms with Gasteiger partial charge in [0.1, 0.15) is 17.5 Å². The summed E-state index contributed by atoms with van der Waals surface area (Å²) >= 11 is 0. The first-order valence-corrected chi connectivity index (χ1v) is 6.98. The number of hydrogen-bond acceptors (Lipinski definition) is 4. The maximum atomic E-state index is 4.69. The van der Waals surface area contributed by atoms with Crippen molar-refractivity contribution in [1.82, 2.24) is 9.97 Å². The van der Waals surface area contributed by atoms with Gasteiger partial charge in [-0.25, -0.2) is 9.97 Å². The van der Waals surface area contributed by atoms with Crippen molar-refractivity contribution in [3.63, 3.8) is 0 Å². The molecule has 1 aliphatic rings. The SMILES string of the molecule is CCc1nc(NC)cc(N2CCCC2C(C)C)n1. The summed E-state index contributed by atoms with van der Waals surface area (Å²) < 4.78 is 0. The van der Waals surface area contributed by atoms with Crippen LogP contribution < -0.4 is 10.2 Å². The third-order valence-electron chi connectivity index (χ3n) is 3.69. The fraction of sp³-hybridized carbons (Fsp3) is 0.714. The Hall–Kier alpha value is -1.32. The van der Waals surface area contributed by atoms with Gasteiger partial charge in [0.15, 0.2) is 0 Å². The van der Waals surface area contributed by atoms with Gasteiger partial charge in [-0.05, 0) is 18.8 Å². The van der Waals surface area contributed by atoms with E-state index in [0.717, 1.165) is 30.4 Å². The van der Waals surface area contributed by atoms with Crippen molar-refractivity contribution in [2.24, 2.45) is 5.92 Å². The smallest absolute Gasteiger partial charge is 0.134 e. The summed E-state index contributed by atoms with van der Waals surface area (Å²) in [5.74, 6) is 3.60. The third kappa shape index (κ3) is 2.57. The summed E-state index contributed by atoms with van der Waals surface area (Å²) in [6, 6.07) is 2.69. The van der Waals surface area contributed by atoms with E-state index in [9.17, 15) is 0 Å². The fourth-order valence-electron chi connectivity index (χ4n) is 2.69. The Morgan fingerprint density at radius 3 is 2.83 bits per heavy atom. The number of anilines is 2. The molecular formula is C14H24N4. The highest BCUT2D eigenvalue weighted by Crippen LogP contribution is 2.29. The molecule has 18 heavy (non-hydrogen) atoms. The molecule has 1 fully saturated rings. The second-order valence-corrected chi connectivity index (χ2v) is 5.28. The van der Waals surface area contributed by atoms with Crippen LogP contribution in [0.5, 0.6) is 0 Å². The molecule has 0 amide bonds. The lowest BCUT2D eigenvalue weighted by Gasteiger charge is -2.29. The molecule has 1 aliphatic heterocycles. The average molecular weight is 248 g/mol. The Morgan fingerprint density at radius 1 is 1.44 bits per heavy atom. The number of aryl methyl sites for hydroxylation is 1. The molecule has 100 valence electrons. The summed E-state index contributed by atoms with van der Waals surface area (Å²) in [7, 11) is 1.91. The van der Waals surface area contributed by atoms with Crippen molar-refractivity contribution >= 4 is 11.6 Å². The number of hydrogen-bond donors (Lipinski definition) is 1. The van der Waals surface area contributed by atoms with Crippen LogP contribution in [0, 0.1) is 5.92 Å². The van der Waals surface area contributed by atoms with E-state index in [2.05, 4.69) is 47.0 Å². The maximum Gasteiger partial charge on any atom is 0.134 e. The molecule has 0 saturated carbocycles. The molecule has 0 bridgehead atoms. The first-order valence-electron chi connectivity index (χ1n) is 6.98. The fourth-order valence-corrected chi connectivity index (χ4v) is 2.69. The van der Waals surface area contributed by atoms with Crippen LogP contribution in [0.15, 0.2) is 6.07 Å². The van der Waals surface area contributed by atoms with Crippen LogP contribution in [0.25, 0.3) is 0 Å². The second-order valence-electron chi connectivity index (χ2n) is 5.28. The van der Waals surface area contributed by atoms with Gasteiger partial charge in [-0.15, -0.1) is 0 Å². The quantitative estimate of drug-likeness (QED) is 0.889. The van der Waals surface area contributed by atoms with Crippen molar-refractivity contribution in [3.8, 4) is 0 Å². The molecule has 2 rings (SSSR count). The molecule has 1 atom stereocenters. The highest BCUT2D eigenvalue weighted by atomic mass is 15.2. The summed E-state index contributed by atoms with van der Waals surface area (Å²) in [4.78, 5) is 11.6. The highest BCUT2D eigenvalue weighted by Gasteiger charge is 2.28. The van der Waals surface area contributed by atoms with Gasteiger partial charge < -0.3 is 10.2 Å². The van der Waals surface area contributed by atoms with Gasteiger partial charge in [-0.1, -0.05) is 20.8 Å². The lowest BCUT2D eigenvalue weighted by atomic mass is 10.0. The Bertz CT molecular complexity index is 381. The molecule has 0 aromatic carbocycles. The molecule has 0 spiro atoms. The normalized spacial score (nSPS) is 19.6. The molecule has 1 aromatic rings. The molecule has 2 heterocycles. The number of aromatic nitrogens is 2. The van der Waals surface area contributed by atoms with Crippen molar-refractivity contribution in [2.75, 3.05) is 23.8 Å². The molecule has 0 radical (unpaired) electrons. The molecule has 1 unspecified atom stereocenters. The van der Waals surface area contributed by atoms with Crippen LogP contribution in [-0.2, 0) is 6.42 Å². The zero-order chi connectivity index (χ0) is 13.1. The van der Waals surface area contributed by atoms with E-state index in [1.54, 1.807) is 0 Å². The van der Waals surface area contributed by atoms with Crippen LogP contribution in [0.2, 0.25) is 0 Å². The Balaban J connectivity index is 2.31. The van der Waals surface area contributed by atoms with Crippen LogP contribution in [0.3, 0.4) is 0 Å². The van der Waals surface area contributed by atoms with Gasteiger partial charge in [-0.2, -0.15) is 0 Å². The Kier molecular flexibility index (Phi) is 4.04. The second kappa shape index (κ2) is 5.55. The number of nitrogens with one attached hydrogen (secondary N) is 1. The van der Waals surface area contributed by atoms with E-state index < -0.39 is 0 Å². The van der Waals surface area contributed by atoms with E-state index in [1.165, 1.54) is 12.8 Å². The van der Waals surface area contributed by atoms with Crippen molar-refractivity contribution < 1.29 is 0 Å². The zero-order valence-corrected chi connectivity index (χ0v) is 11.9. The van der Waals surface area contributed by atoms with E-state index in [-0.39, 0.29) is 0 Å². The molecule has 1 N–H and O–H groups in total. The predicted molar refractivity (Wildman–Crippen MR) is 76.2 cm³/mol. The third-order valence-corrected chi connectivity index (χ3v) is 3.69. The lowest BCUT2D eigenvalue weighted by molar-refractivity contribution is 0.489. The largest absolute Gasteiger partial charge is 0.373 e.